The third-order valence-electron chi connectivity index (χ3n) is 1.55. The molecule has 0 aliphatic carbocycles. The molecule has 0 aromatic rings. The predicted octanol–water partition coefficient (Wildman–Crippen LogP) is 2.52. The Bertz CT molecular complexity index is 105. The molecule has 0 spiro atoms. The number of rotatable bonds is 0. The average Bonchev–Trinajstić information content (AvgIpc) is 1.77. The van der Waals surface area contributed by atoms with Crippen LogP contribution in [0, 0.1) is 0 Å². The van der Waals surface area contributed by atoms with Crippen LogP contribution in [0.25, 0.3) is 0 Å². The first-order chi connectivity index (χ1) is 4.13. The van der Waals surface area contributed by atoms with Gasteiger partial charge < -0.3 is 4.74 Å². The van der Waals surface area contributed by atoms with Crippen LogP contribution in [-0.4, -0.2) is 16.5 Å². The van der Waals surface area contributed by atoms with Gasteiger partial charge in [0.15, 0.2) is 0 Å². The summed E-state index contributed by atoms with van der Waals surface area (Å²) in [4.78, 5) is 0. The van der Waals surface area contributed by atoms with E-state index < -0.39 is 0 Å². The van der Waals surface area contributed by atoms with Gasteiger partial charge in [-0.3, -0.25) is 0 Å². The van der Waals surface area contributed by atoms with Crippen LogP contribution in [0.15, 0.2) is 0 Å². The third kappa shape index (κ3) is 1.82. The number of alkyl halides is 2. The number of halogens is 2. The van der Waals surface area contributed by atoms with Gasteiger partial charge in [-0.05, 0) is 19.8 Å². The highest BCUT2D eigenvalue weighted by Crippen LogP contribution is 2.35. The molecule has 0 aromatic heterocycles. The molecule has 3 heteroatoms. The highest BCUT2D eigenvalue weighted by molar-refractivity contribution is 9.10. The lowest BCUT2D eigenvalue weighted by Crippen LogP contribution is -2.35. The minimum atomic E-state index is -0.161. The molecule has 1 nitrogen and oxygen atoms in total. The Morgan fingerprint density at radius 2 is 2.44 bits per heavy atom. The summed E-state index contributed by atoms with van der Waals surface area (Å²) >= 11 is 9.34. The second-order valence-electron chi connectivity index (χ2n) is 2.57. The molecular weight excluding hydrogens is 203 g/mol. The highest BCUT2D eigenvalue weighted by Gasteiger charge is 2.33. The molecule has 54 valence electrons. The van der Waals surface area contributed by atoms with Crippen LogP contribution in [0.1, 0.15) is 19.8 Å². The Morgan fingerprint density at radius 3 is 2.78 bits per heavy atom. The molecule has 0 radical (unpaired) electrons. The molecule has 1 rings (SSSR count). The zero-order chi connectivity index (χ0) is 6.91. The largest absolute Gasteiger partial charge is 0.361 e. The molecule has 0 saturated carbocycles. The Morgan fingerprint density at radius 1 is 1.78 bits per heavy atom. The summed E-state index contributed by atoms with van der Waals surface area (Å²) in [6.07, 6.45) is 2.20. The topological polar surface area (TPSA) is 9.23 Å². The molecule has 1 aliphatic heterocycles. The standard InChI is InChI=1S/C6H10BrClO/c1-6(7)3-2-4-9-5(6)8/h5H,2-4H2,1H3. The molecule has 1 heterocycles. The number of hydrogen-bond acceptors (Lipinski definition) is 1. The maximum atomic E-state index is 5.84. The predicted molar refractivity (Wildman–Crippen MR) is 42.2 cm³/mol. The minimum Gasteiger partial charge on any atom is -0.361 e. The second kappa shape index (κ2) is 2.77. The van der Waals surface area contributed by atoms with Crippen LogP contribution < -0.4 is 0 Å². The van der Waals surface area contributed by atoms with Gasteiger partial charge in [-0.25, -0.2) is 0 Å². The van der Waals surface area contributed by atoms with Gasteiger partial charge >= 0.3 is 0 Å². The number of ether oxygens (including phenoxy) is 1. The molecule has 0 amide bonds. The van der Waals surface area contributed by atoms with E-state index in [9.17, 15) is 0 Å². The number of hydrogen-bond donors (Lipinski definition) is 0. The fourth-order valence-corrected chi connectivity index (χ4v) is 1.50. The Kier molecular flexibility index (Phi) is 2.41. The van der Waals surface area contributed by atoms with E-state index in [1.165, 1.54) is 0 Å². The van der Waals surface area contributed by atoms with E-state index in [0.29, 0.717) is 0 Å². The van der Waals surface area contributed by atoms with Gasteiger partial charge in [-0.2, -0.15) is 0 Å². The van der Waals surface area contributed by atoms with Crippen molar-refractivity contribution in [3.8, 4) is 0 Å². The summed E-state index contributed by atoms with van der Waals surface area (Å²) in [5.41, 5.74) is -0.161. The van der Waals surface area contributed by atoms with Crippen LogP contribution in [0.5, 0.6) is 0 Å². The summed E-state index contributed by atoms with van der Waals surface area (Å²) < 4.78 is 5.20. The van der Waals surface area contributed by atoms with Crippen LogP contribution in [0.2, 0.25) is 0 Å². The molecule has 1 fully saturated rings. The van der Waals surface area contributed by atoms with Gasteiger partial charge in [-0.1, -0.05) is 27.5 Å². The SMILES string of the molecule is CC1(Br)CCCOC1Cl. The summed E-state index contributed by atoms with van der Waals surface area (Å²) in [5.74, 6) is 0. The van der Waals surface area contributed by atoms with Crippen LogP contribution in [0.3, 0.4) is 0 Å². The third-order valence-corrected chi connectivity index (χ3v) is 3.23. The zero-order valence-electron chi connectivity index (χ0n) is 5.36. The van der Waals surface area contributed by atoms with Crippen molar-refractivity contribution in [2.75, 3.05) is 6.61 Å². The van der Waals surface area contributed by atoms with Gasteiger partial charge in [0.25, 0.3) is 0 Å². The minimum absolute atomic E-state index is 0.00714. The second-order valence-corrected chi connectivity index (χ2v) is 4.78. The van der Waals surface area contributed by atoms with Gasteiger partial charge in [-0.15, -0.1) is 0 Å². The Hall–Kier alpha value is 0.730. The van der Waals surface area contributed by atoms with E-state index >= 15 is 0 Å². The van der Waals surface area contributed by atoms with Gasteiger partial charge in [0.2, 0.25) is 0 Å². The average molecular weight is 214 g/mol. The van der Waals surface area contributed by atoms with E-state index in [2.05, 4.69) is 22.9 Å². The van der Waals surface area contributed by atoms with Crippen LogP contribution in [-0.2, 0) is 4.74 Å². The summed E-state index contributed by atoms with van der Waals surface area (Å²) in [7, 11) is 0. The van der Waals surface area contributed by atoms with E-state index in [4.69, 9.17) is 16.3 Å². The van der Waals surface area contributed by atoms with Gasteiger partial charge in [0.05, 0.1) is 4.32 Å². The maximum absolute atomic E-state index is 5.84. The molecule has 1 aliphatic rings. The van der Waals surface area contributed by atoms with Crippen molar-refractivity contribution in [3.05, 3.63) is 0 Å². The van der Waals surface area contributed by atoms with Crippen molar-refractivity contribution in [3.63, 3.8) is 0 Å². The van der Waals surface area contributed by atoms with E-state index in [1.54, 1.807) is 0 Å². The van der Waals surface area contributed by atoms with Gasteiger partial charge in [0, 0.05) is 6.61 Å². The fourth-order valence-electron chi connectivity index (χ4n) is 0.892. The lowest BCUT2D eigenvalue weighted by atomic mass is 10.0. The van der Waals surface area contributed by atoms with E-state index in [-0.39, 0.29) is 9.89 Å². The molecule has 0 aromatic carbocycles. The molecule has 9 heavy (non-hydrogen) atoms. The highest BCUT2D eigenvalue weighted by atomic mass is 79.9. The molecular formula is C6H10BrClO. The van der Waals surface area contributed by atoms with Crippen molar-refractivity contribution in [2.45, 2.75) is 29.7 Å². The van der Waals surface area contributed by atoms with Crippen molar-refractivity contribution in [1.29, 1.82) is 0 Å². The Balaban J connectivity index is 2.49. The normalized spacial score (nSPS) is 45.0. The first-order valence-corrected chi connectivity index (χ1v) is 4.30. The molecule has 1 saturated heterocycles. The van der Waals surface area contributed by atoms with Crippen molar-refractivity contribution in [2.24, 2.45) is 0 Å². The first kappa shape index (κ1) is 7.83. The molecule has 2 atom stereocenters. The molecule has 0 N–H and O–H groups in total. The molecule has 2 unspecified atom stereocenters. The monoisotopic (exact) mass is 212 g/mol. The fraction of sp³-hybridized carbons (Fsp3) is 1.00. The summed E-state index contributed by atoms with van der Waals surface area (Å²) in [6.45, 7) is 2.86. The van der Waals surface area contributed by atoms with Crippen molar-refractivity contribution >= 4 is 27.5 Å². The quantitative estimate of drug-likeness (QED) is 0.562. The smallest absolute Gasteiger partial charge is 0.146 e. The van der Waals surface area contributed by atoms with E-state index in [1.807, 2.05) is 0 Å². The zero-order valence-corrected chi connectivity index (χ0v) is 7.70. The maximum Gasteiger partial charge on any atom is 0.146 e. The summed E-state index contributed by atoms with van der Waals surface area (Å²) in [6, 6.07) is 0. The van der Waals surface area contributed by atoms with Gasteiger partial charge in [0.1, 0.15) is 5.56 Å². The lowest BCUT2D eigenvalue weighted by Gasteiger charge is -2.32. The van der Waals surface area contributed by atoms with Crippen molar-refractivity contribution in [1.82, 2.24) is 0 Å². The van der Waals surface area contributed by atoms with Crippen LogP contribution in [0.4, 0.5) is 0 Å². The first-order valence-electron chi connectivity index (χ1n) is 3.07. The van der Waals surface area contributed by atoms with Crippen molar-refractivity contribution < 1.29 is 4.74 Å². The van der Waals surface area contributed by atoms with E-state index in [0.717, 1.165) is 19.4 Å². The lowest BCUT2D eigenvalue weighted by molar-refractivity contribution is 0.0480. The van der Waals surface area contributed by atoms with Crippen LogP contribution >= 0.6 is 27.5 Å². The Labute approximate surface area is 68.8 Å². The summed E-state index contributed by atoms with van der Waals surface area (Å²) in [5, 5.41) is 0. The molecule has 0 bridgehead atoms.